The number of carbonyl (C=O) groups excluding carboxylic acids is 3. The maximum absolute atomic E-state index is 12.5. The third-order valence-corrected chi connectivity index (χ3v) is 5.49. The number of aliphatic hydroxyl groups excluding tert-OH is 1. The minimum absolute atomic E-state index is 0.349. The second kappa shape index (κ2) is 9.43. The molecule has 1 aliphatic rings. The molecular formula is C14H23O11P. The number of ether oxygens (including phenoxy) is 4. The molecule has 1 unspecified atom stereocenters. The predicted octanol–water partition coefficient (Wildman–Crippen LogP) is -0.0154. The summed E-state index contributed by atoms with van der Waals surface area (Å²) in [6.07, 6.45) is -5.04. The van der Waals surface area contributed by atoms with E-state index in [1.807, 2.05) is 0 Å². The SMILES string of the molecule is COP(=O)(OC)C(O)[C@H]1O[C@H](COC(C)=O)[C@@H](OC(C)=O)[C@@H]1OC(C)=O. The fourth-order valence-electron chi connectivity index (χ4n) is 2.46. The van der Waals surface area contributed by atoms with Crippen LogP contribution in [0.1, 0.15) is 20.8 Å². The standard InChI is InChI=1S/C14H23O11P/c1-7(15)22-6-10-11(23-8(2)16)12(24-9(3)17)13(25-10)14(18)26(19,20-4)21-5/h10-14,18H,6H2,1-5H3/t10-,11-,12+,13+,14?/m1/s1. The van der Waals surface area contributed by atoms with Crippen LogP contribution in [0.3, 0.4) is 0 Å². The van der Waals surface area contributed by atoms with Crippen molar-refractivity contribution in [2.24, 2.45) is 0 Å². The summed E-state index contributed by atoms with van der Waals surface area (Å²) in [6, 6.07) is 0. The Hall–Kier alpha value is -1.52. The van der Waals surface area contributed by atoms with Crippen LogP contribution >= 0.6 is 7.60 Å². The van der Waals surface area contributed by atoms with E-state index >= 15 is 0 Å². The van der Waals surface area contributed by atoms with Crippen molar-refractivity contribution in [3.8, 4) is 0 Å². The van der Waals surface area contributed by atoms with E-state index in [-0.39, 0.29) is 6.61 Å². The molecule has 150 valence electrons. The van der Waals surface area contributed by atoms with E-state index in [0.29, 0.717) is 0 Å². The molecule has 0 amide bonds. The highest BCUT2D eigenvalue weighted by atomic mass is 31.2. The smallest absolute Gasteiger partial charge is 0.361 e. The molecule has 11 nitrogen and oxygen atoms in total. The molecular weight excluding hydrogens is 375 g/mol. The summed E-state index contributed by atoms with van der Waals surface area (Å²) in [4.78, 5) is 33.9. The van der Waals surface area contributed by atoms with Crippen molar-refractivity contribution in [3.05, 3.63) is 0 Å². The predicted molar refractivity (Wildman–Crippen MR) is 84.0 cm³/mol. The first kappa shape index (κ1) is 22.5. The summed E-state index contributed by atoms with van der Waals surface area (Å²) in [5.41, 5.74) is 0. The molecule has 0 aromatic rings. The van der Waals surface area contributed by atoms with E-state index in [4.69, 9.17) is 28.0 Å². The summed E-state index contributed by atoms with van der Waals surface area (Å²) >= 11 is 0. The topological polar surface area (TPSA) is 144 Å². The third kappa shape index (κ3) is 5.49. The van der Waals surface area contributed by atoms with Crippen LogP contribution in [0.4, 0.5) is 0 Å². The summed E-state index contributed by atoms with van der Waals surface area (Å²) in [5, 5.41) is 10.4. The van der Waals surface area contributed by atoms with Crippen LogP contribution in [0.5, 0.6) is 0 Å². The molecule has 1 heterocycles. The second-order valence-electron chi connectivity index (χ2n) is 5.41. The van der Waals surface area contributed by atoms with E-state index in [1.54, 1.807) is 0 Å². The molecule has 12 heteroatoms. The Balaban J connectivity index is 3.20. The van der Waals surface area contributed by atoms with Crippen LogP contribution in [-0.2, 0) is 46.9 Å². The van der Waals surface area contributed by atoms with Crippen molar-refractivity contribution >= 4 is 25.5 Å². The van der Waals surface area contributed by atoms with Gasteiger partial charge in [-0.15, -0.1) is 0 Å². The van der Waals surface area contributed by atoms with Gasteiger partial charge in [0.25, 0.3) is 0 Å². The lowest BCUT2D eigenvalue weighted by molar-refractivity contribution is -0.166. The molecule has 1 rings (SSSR count). The first-order valence-electron chi connectivity index (χ1n) is 7.58. The van der Waals surface area contributed by atoms with Gasteiger partial charge < -0.3 is 33.1 Å². The Morgan fingerprint density at radius 1 is 1.00 bits per heavy atom. The highest BCUT2D eigenvalue weighted by Gasteiger charge is 2.56. The van der Waals surface area contributed by atoms with Gasteiger partial charge in [0.15, 0.2) is 18.1 Å². The number of rotatable bonds is 8. The average molecular weight is 398 g/mol. The van der Waals surface area contributed by atoms with Gasteiger partial charge in [-0.05, 0) is 0 Å². The van der Waals surface area contributed by atoms with Gasteiger partial charge >= 0.3 is 25.5 Å². The Kier molecular flexibility index (Phi) is 8.16. The summed E-state index contributed by atoms with van der Waals surface area (Å²) < 4.78 is 42.5. The van der Waals surface area contributed by atoms with Gasteiger partial charge in [0.05, 0.1) is 0 Å². The average Bonchev–Trinajstić information content (AvgIpc) is 2.88. The normalized spacial score (nSPS) is 26.8. The zero-order valence-electron chi connectivity index (χ0n) is 15.1. The molecule has 0 bridgehead atoms. The van der Waals surface area contributed by atoms with E-state index in [1.165, 1.54) is 0 Å². The first-order valence-corrected chi connectivity index (χ1v) is 9.19. The maximum atomic E-state index is 12.5. The number of carbonyl (C=O) groups is 3. The summed E-state index contributed by atoms with van der Waals surface area (Å²) in [5.74, 6) is -3.96. The van der Waals surface area contributed by atoms with Gasteiger partial charge in [0.2, 0.25) is 0 Å². The van der Waals surface area contributed by atoms with Gasteiger partial charge in [-0.1, -0.05) is 0 Å². The van der Waals surface area contributed by atoms with Crippen molar-refractivity contribution < 1.29 is 52.1 Å². The monoisotopic (exact) mass is 398 g/mol. The van der Waals surface area contributed by atoms with Crippen LogP contribution in [0, 0.1) is 0 Å². The molecule has 0 saturated carbocycles. The van der Waals surface area contributed by atoms with Crippen molar-refractivity contribution in [2.45, 2.75) is 51.0 Å². The zero-order valence-corrected chi connectivity index (χ0v) is 16.0. The highest BCUT2D eigenvalue weighted by Crippen LogP contribution is 2.54. The molecule has 1 N–H and O–H groups in total. The Morgan fingerprint density at radius 3 is 1.92 bits per heavy atom. The third-order valence-electron chi connectivity index (χ3n) is 3.53. The largest absolute Gasteiger partial charge is 0.463 e. The Morgan fingerprint density at radius 2 is 1.50 bits per heavy atom. The lowest BCUT2D eigenvalue weighted by Gasteiger charge is -2.28. The molecule has 26 heavy (non-hydrogen) atoms. The minimum atomic E-state index is -4.04. The van der Waals surface area contributed by atoms with Crippen molar-refractivity contribution in [1.29, 1.82) is 0 Å². The van der Waals surface area contributed by atoms with Gasteiger partial charge in [0, 0.05) is 35.0 Å². The summed E-state index contributed by atoms with van der Waals surface area (Å²) in [7, 11) is -1.92. The quantitative estimate of drug-likeness (QED) is 0.335. The Bertz CT molecular complexity index is 569. The van der Waals surface area contributed by atoms with Gasteiger partial charge in [-0.2, -0.15) is 0 Å². The summed E-state index contributed by atoms with van der Waals surface area (Å²) in [6.45, 7) is 3.03. The molecule has 1 saturated heterocycles. The highest BCUT2D eigenvalue weighted by molar-refractivity contribution is 7.54. The fourth-order valence-corrected chi connectivity index (χ4v) is 3.64. The molecule has 1 fully saturated rings. The number of esters is 3. The molecule has 0 aromatic heterocycles. The van der Waals surface area contributed by atoms with E-state index in [2.05, 4.69) is 0 Å². The van der Waals surface area contributed by atoms with E-state index in [0.717, 1.165) is 35.0 Å². The lowest BCUT2D eigenvalue weighted by Crippen LogP contribution is -2.44. The van der Waals surface area contributed by atoms with Crippen LogP contribution in [0.2, 0.25) is 0 Å². The first-order chi connectivity index (χ1) is 12.1. The number of hydrogen-bond donors (Lipinski definition) is 1. The molecule has 0 radical (unpaired) electrons. The zero-order chi connectivity index (χ0) is 20.1. The van der Waals surface area contributed by atoms with E-state index < -0.39 is 55.8 Å². The van der Waals surface area contributed by atoms with Crippen LogP contribution in [0.15, 0.2) is 0 Å². The minimum Gasteiger partial charge on any atom is -0.463 e. The van der Waals surface area contributed by atoms with Crippen molar-refractivity contribution in [3.63, 3.8) is 0 Å². The van der Waals surface area contributed by atoms with Gasteiger partial charge in [-0.25, -0.2) is 0 Å². The fraction of sp³-hybridized carbons (Fsp3) is 0.786. The van der Waals surface area contributed by atoms with Crippen molar-refractivity contribution in [2.75, 3.05) is 20.8 Å². The Labute approximate surface area is 150 Å². The maximum Gasteiger partial charge on any atom is 0.361 e. The number of aliphatic hydroxyl groups is 1. The number of hydrogen-bond acceptors (Lipinski definition) is 11. The van der Waals surface area contributed by atoms with Crippen molar-refractivity contribution in [1.82, 2.24) is 0 Å². The molecule has 0 aromatic carbocycles. The molecule has 0 spiro atoms. The van der Waals surface area contributed by atoms with Crippen LogP contribution in [0.25, 0.3) is 0 Å². The van der Waals surface area contributed by atoms with Gasteiger partial charge in [-0.3, -0.25) is 18.9 Å². The molecule has 1 aliphatic heterocycles. The van der Waals surface area contributed by atoms with Gasteiger partial charge in [0.1, 0.15) is 18.8 Å². The lowest BCUT2D eigenvalue weighted by atomic mass is 10.1. The van der Waals surface area contributed by atoms with E-state index in [9.17, 15) is 24.1 Å². The van der Waals surface area contributed by atoms with Crippen LogP contribution in [-0.4, -0.2) is 74.1 Å². The molecule has 0 aliphatic carbocycles. The molecule has 5 atom stereocenters. The second-order valence-corrected chi connectivity index (χ2v) is 7.75. The van der Waals surface area contributed by atoms with Crippen LogP contribution < -0.4 is 0 Å².